The Bertz CT molecular complexity index is 940. The number of carbonyl (C=O) groups excluding carboxylic acids is 4. The molecule has 0 aromatic heterocycles. The van der Waals surface area contributed by atoms with Gasteiger partial charge in [-0.15, -0.1) is 0 Å². The molecule has 0 atom stereocenters. The molecule has 0 spiro atoms. The number of benzene rings is 2. The largest absolute Gasteiger partial charge is 0.468 e. The first-order chi connectivity index (χ1) is 13.9. The van der Waals surface area contributed by atoms with Crippen LogP contribution in [0.5, 0.6) is 0 Å². The molecule has 1 aliphatic carbocycles. The molecule has 0 heterocycles. The average molecular weight is 395 g/mol. The number of hydrogen-bond donors (Lipinski definition) is 3. The number of fused-ring (bicyclic) bond motifs is 3. The molecule has 8 nitrogen and oxygen atoms in total. The first-order valence-electron chi connectivity index (χ1n) is 9.00. The van der Waals surface area contributed by atoms with Crippen LogP contribution in [0.2, 0.25) is 0 Å². The summed E-state index contributed by atoms with van der Waals surface area (Å²) >= 11 is 0. The average Bonchev–Trinajstić information content (AvgIpc) is 3.01. The third-order valence-electron chi connectivity index (χ3n) is 4.74. The monoisotopic (exact) mass is 395 g/mol. The summed E-state index contributed by atoms with van der Waals surface area (Å²) in [5.74, 6) is -2.09. The fraction of sp³-hybridized carbons (Fsp3) is 0.238. The van der Waals surface area contributed by atoms with Gasteiger partial charge in [0.25, 0.3) is 5.91 Å². The molecule has 3 N–H and O–H groups in total. The molecule has 3 rings (SSSR count). The molecule has 1 aliphatic rings. The van der Waals surface area contributed by atoms with Gasteiger partial charge in [-0.1, -0.05) is 48.5 Å². The van der Waals surface area contributed by atoms with Gasteiger partial charge < -0.3 is 20.7 Å². The molecule has 3 amide bonds. The van der Waals surface area contributed by atoms with Gasteiger partial charge in [0.2, 0.25) is 11.8 Å². The maximum atomic E-state index is 13.4. The van der Waals surface area contributed by atoms with Gasteiger partial charge >= 0.3 is 5.97 Å². The molecule has 0 bridgehead atoms. The Kier molecular flexibility index (Phi) is 5.63. The molecule has 0 aliphatic heterocycles. The highest BCUT2D eigenvalue weighted by Gasteiger charge is 2.50. The maximum absolute atomic E-state index is 13.4. The summed E-state index contributed by atoms with van der Waals surface area (Å²) in [6.45, 7) is 0.668. The fourth-order valence-corrected chi connectivity index (χ4v) is 3.49. The zero-order chi connectivity index (χ0) is 21.0. The van der Waals surface area contributed by atoms with Gasteiger partial charge in [0.05, 0.1) is 13.7 Å². The van der Waals surface area contributed by atoms with Crippen LogP contribution in [0.1, 0.15) is 18.1 Å². The molecule has 2 aromatic rings. The lowest BCUT2D eigenvalue weighted by atomic mass is 9.86. The number of hydrogen-bond acceptors (Lipinski definition) is 5. The highest BCUT2D eigenvalue weighted by molar-refractivity contribution is 6.04. The van der Waals surface area contributed by atoms with Crippen LogP contribution in [0, 0.1) is 0 Å². The molecule has 8 heteroatoms. The molecule has 150 valence electrons. The summed E-state index contributed by atoms with van der Waals surface area (Å²) in [5, 5.41) is 7.76. The van der Waals surface area contributed by atoms with E-state index in [2.05, 4.69) is 20.7 Å². The van der Waals surface area contributed by atoms with E-state index in [4.69, 9.17) is 0 Å². The summed E-state index contributed by atoms with van der Waals surface area (Å²) in [6.07, 6.45) is 0. The van der Waals surface area contributed by atoms with Crippen molar-refractivity contribution in [1.29, 1.82) is 0 Å². The van der Waals surface area contributed by atoms with Gasteiger partial charge in [-0.25, -0.2) is 0 Å². The number of amides is 3. The Labute approximate surface area is 167 Å². The van der Waals surface area contributed by atoms with Crippen molar-refractivity contribution >= 4 is 23.7 Å². The molecule has 0 saturated carbocycles. The van der Waals surface area contributed by atoms with Crippen molar-refractivity contribution < 1.29 is 23.9 Å². The minimum Gasteiger partial charge on any atom is -0.468 e. The second-order valence-electron chi connectivity index (χ2n) is 6.56. The van der Waals surface area contributed by atoms with Crippen LogP contribution in [0.25, 0.3) is 11.1 Å². The van der Waals surface area contributed by atoms with Crippen LogP contribution in [-0.4, -0.2) is 43.9 Å². The van der Waals surface area contributed by atoms with Gasteiger partial charge in [-0.2, -0.15) is 0 Å². The first-order valence-corrected chi connectivity index (χ1v) is 9.00. The molecule has 0 saturated heterocycles. The Morgan fingerprint density at radius 1 is 0.862 bits per heavy atom. The number of esters is 1. The van der Waals surface area contributed by atoms with Gasteiger partial charge in [0, 0.05) is 6.92 Å². The number of carbonyl (C=O) groups is 4. The van der Waals surface area contributed by atoms with Crippen molar-refractivity contribution in [2.75, 3.05) is 20.2 Å². The maximum Gasteiger partial charge on any atom is 0.325 e. The second kappa shape index (κ2) is 8.14. The summed E-state index contributed by atoms with van der Waals surface area (Å²) in [7, 11) is 1.22. The topological polar surface area (TPSA) is 114 Å². The smallest absolute Gasteiger partial charge is 0.325 e. The van der Waals surface area contributed by atoms with Crippen molar-refractivity contribution in [3.63, 3.8) is 0 Å². The Balaban J connectivity index is 2.08. The van der Waals surface area contributed by atoms with E-state index in [0.717, 1.165) is 11.1 Å². The van der Waals surface area contributed by atoms with E-state index in [9.17, 15) is 19.2 Å². The second-order valence-corrected chi connectivity index (χ2v) is 6.56. The Morgan fingerprint density at radius 2 is 1.41 bits per heavy atom. The molecule has 0 fully saturated rings. The Morgan fingerprint density at radius 3 is 1.93 bits per heavy atom. The van der Waals surface area contributed by atoms with E-state index in [1.54, 1.807) is 24.3 Å². The minimum atomic E-state index is -1.54. The zero-order valence-corrected chi connectivity index (χ0v) is 16.1. The number of ether oxygens (including phenoxy) is 1. The van der Waals surface area contributed by atoms with Crippen molar-refractivity contribution in [3.05, 3.63) is 59.7 Å². The third-order valence-corrected chi connectivity index (χ3v) is 4.74. The van der Waals surface area contributed by atoms with Gasteiger partial charge in [0.15, 0.2) is 5.54 Å². The normalized spacial score (nSPS) is 12.9. The van der Waals surface area contributed by atoms with Crippen molar-refractivity contribution in [2.24, 2.45) is 0 Å². The molecule has 29 heavy (non-hydrogen) atoms. The van der Waals surface area contributed by atoms with Crippen LogP contribution >= 0.6 is 0 Å². The number of rotatable bonds is 6. The van der Waals surface area contributed by atoms with E-state index in [1.165, 1.54) is 14.0 Å². The van der Waals surface area contributed by atoms with E-state index in [1.807, 2.05) is 24.3 Å². The van der Waals surface area contributed by atoms with E-state index >= 15 is 0 Å². The summed E-state index contributed by atoms with van der Waals surface area (Å²) in [4.78, 5) is 48.7. The van der Waals surface area contributed by atoms with Gasteiger partial charge in [0.1, 0.15) is 6.54 Å². The number of methoxy groups -OCH3 is 1. The molecule has 2 aromatic carbocycles. The Hall–Kier alpha value is -3.68. The van der Waals surface area contributed by atoms with E-state index in [-0.39, 0.29) is 19.0 Å². The lowest BCUT2D eigenvalue weighted by molar-refractivity contribution is -0.142. The lowest BCUT2D eigenvalue weighted by Crippen LogP contribution is -2.58. The van der Waals surface area contributed by atoms with E-state index < -0.39 is 23.3 Å². The molecule has 0 unspecified atom stereocenters. The third kappa shape index (κ3) is 3.69. The minimum absolute atomic E-state index is 0.286. The fourth-order valence-electron chi connectivity index (χ4n) is 3.49. The van der Waals surface area contributed by atoms with Crippen LogP contribution in [-0.2, 0) is 29.5 Å². The first kappa shape index (κ1) is 20.1. The summed E-state index contributed by atoms with van der Waals surface area (Å²) in [5.41, 5.74) is 1.23. The molecular weight excluding hydrogens is 374 g/mol. The van der Waals surface area contributed by atoms with Crippen molar-refractivity contribution in [1.82, 2.24) is 16.0 Å². The summed E-state index contributed by atoms with van der Waals surface area (Å²) < 4.78 is 4.59. The van der Waals surface area contributed by atoms with Crippen LogP contribution in [0.4, 0.5) is 0 Å². The molecule has 0 radical (unpaired) electrons. The zero-order valence-electron chi connectivity index (χ0n) is 16.1. The van der Waals surface area contributed by atoms with Crippen LogP contribution < -0.4 is 16.0 Å². The van der Waals surface area contributed by atoms with Crippen molar-refractivity contribution in [2.45, 2.75) is 12.5 Å². The quantitative estimate of drug-likeness (QED) is 0.615. The lowest BCUT2D eigenvalue weighted by Gasteiger charge is -2.31. The highest BCUT2D eigenvalue weighted by Crippen LogP contribution is 2.47. The van der Waals surface area contributed by atoms with Crippen LogP contribution in [0.15, 0.2) is 48.5 Å². The SMILES string of the molecule is COC(=O)CNC(=O)C1(NC(=O)CNC(C)=O)c2ccccc2-c2ccccc21. The standard InChI is InChI=1S/C21H21N3O5/c1-13(25)22-11-18(26)24-21(20(28)23-12-19(27)29-2)16-9-5-3-7-14(16)15-8-4-6-10-17(15)21/h3-10H,11-12H2,1-2H3,(H,22,25)(H,23,28)(H,24,26). The predicted molar refractivity (Wildman–Crippen MR) is 105 cm³/mol. The molecular formula is C21H21N3O5. The highest BCUT2D eigenvalue weighted by atomic mass is 16.5. The predicted octanol–water partition coefficient (Wildman–Crippen LogP) is 0.452. The van der Waals surface area contributed by atoms with E-state index in [0.29, 0.717) is 11.1 Å². The van der Waals surface area contributed by atoms with Crippen molar-refractivity contribution in [3.8, 4) is 11.1 Å². The van der Waals surface area contributed by atoms with Crippen LogP contribution in [0.3, 0.4) is 0 Å². The van der Waals surface area contributed by atoms with Gasteiger partial charge in [-0.05, 0) is 22.3 Å². The number of nitrogens with one attached hydrogen (secondary N) is 3. The van der Waals surface area contributed by atoms with Gasteiger partial charge in [-0.3, -0.25) is 19.2 Å². The summed E-state index contributed by atoms with van der Waals surface area (Å²) in [6, 6.07) is 14.5.